The predicted molar refractivity (Wildman–Crippen MR) is 61.7 cm³/mol. The summed E-state index contributed by atoms with van der Waals surface area (Å²) in [5, 5.41) is 8.96. The number of nitrogens with zero attached hydrogens (tertiary/aromatic N) is 2. The zero-order chi connectivity index (χ0) is 12.4. The van der Waals surface area contributed by atoms with E-state index in [1.807, 2.05) is 0 Å². The molecule has 17 heavy (non-hydrogen) atoms. The predicted octanol–water partition coefficient (Wildman–Crippen LogP) is 2.43. The summed E-state index contributed by atoms with van der Waals surface area (Å²) in [6, 6.07) is 3.58. The molecule has 3 nitrogen and oxygen atoms in total. The van der Waals surface area contributed by atoms with E-state index in [4.69, 9.17) is 5.73 Å². The number of benzene rings is 1. The molecule has 2 N–H and O–H groups in total. The summed E-state index contributed by atoms with van der Waals surface area (Å²) in [5.41, 5.74) is 5.65. The molecule has 0 fully saturated rings. The summed E-state index contributed by atoms with van der Waals surface area (Å²) in [7, 11) is 0. The van der Waals surface area contributed by atoms with Crippen LogP contribution in [0.3, 0.4) is 0 Å². The first-order valence-corrected chi connectivity index (χ1v) is 5.90. The highest BCUT2D eigenvalue weighted by Gasteiger charge is 2.13. The van der Waals surface area contributed by atoms with Crippen LogP contribution in [0.5, 0.6) is 0 Å². The van der Waals surface area contributed by atoms with Gasteiger partial charge in [0, 0.05) is 12.0 Å². The lowest BCUT2D eigenvalue weighted by atomic mass is 10.1. The lowest BCUT2D eigenvalue weighted by Gasteiger charge is -2.01. The van der Waals surface area contributed by atoms with Crippen molar-refractivity contribution >= 4 is 11.3 Å². The maximum atomic E-state index is 13.4. The van der Waals surface area contributed by atoms with Gasteiger partial charge < -0.3 is 5.73 Å². The van der Waals surface area contributed by atoms with Crippen molar-refractivity contribution in [3.05, 3.63) is 45.4 Å². The molecule has 0 saturated heterocycles. The SMILES string of the molecule is CC(N)c1nnc(Cc2c(F)cccc2F)s1. The molecule has 6 heteroatoms. The fraction of sp³-hybridized carbons (Fsp3) is 0.273. The molecule has 0 amide bonds. The smallest absolute Gasteiger partial charge is 0.133 e. The van der Waals surface area contributed by atoms with Crippen molar-refractivity contribution in [2.24, 2.45) is 5.73 Å². The van der Waals surface area contributed by atoms with Crippen molar-refractivity contribution in [3.8, 4) is 0 Å². The van der Waals surface area contributed by atoms with Crippen molar-refractivity contribution in [2.75, 3.05) is 0 Å². The van der Waals surface area contributed by atoms with Crippen LogP contribution in [0.25, 0.3) is 0 Å². The third-order valence-electron chi connectivity index (χ3n) is 2.26. The van der Waals surface area contributed by atoms with Gasteiger partial charge in [0.15, 0.2) is 0 Å². The number of aromatic nitrogens is 2. The van der Waals surface area contributed by atoms with Gasteiger partial charge in [-0.05, 0) is 19.1 Å². The van der Waals surface area contributed by atoms with Crippen LogP contribution in [-0.2, 0) is 6.42 Å². The Morgan fingerprint density at radius 1 is 1.29 bits per heavy atom. The molecule has 1 heterocycles. The van der Waals surface area contributed by atoms with Crippen LogP contribution in [0.4, 0.5) is 8.78 Å². The summed E-state index contributed by atoms with van der Waals surface area (Å²) >= 11 is 1.27. The number of nitrogens with two attached hydrogens (primary N) is 1. The van der Waals surface area contributed by atoms with Gasteiger partial charge in [0.25, 0.3) is 0 Å². The second-order valence-electron chi connectivity index (χ2n) is 3.70. The van der Waals surface area contributed by atoms with Crippen LogP contribution in [0, 0.1) is 11.6 Å². The highest BCUT2D eigenvalue weighted by atomic mass is 32.1. The molecule has 1 aromatic heterocycles. The average molecular weight is 255 g/mol. The van der Waals surface area contributed by atoms with Gasteiger partial charge in [0.05, 0.1) is 6.04 Å². The lowest BCUT2D eigenvalue weighted by molar-refractivity contribution is 0.561. The minimum Gasteiger partial charge on any atom is -0.322 e. The fourth-order valence-electron chi connectivity index (χ4n) is 1.37. The van der Waals surface area contributed by atoms with Crippen molar-refractivity contribution in [3.63, 3.8) is 0 Å². The van der Waals surface area contributed by atoms with Crippen molar-refractivity contribution in [1.29, 1.82) is 0 Å². The summed E-state index contributed by atoms with van der Waals surface area (Å²) in [4.78, 5) is 0. The van der Waals surface area contributed by atoms with Crippen molar-refractivity contribution in [1.82, 2.24) is 10.2 Å². The van der Waals surface area contributed by atoms with E-state index in [0.717, 1.165) is 0 Å². The summed E-state index contributed by atoms with van der Waals surface area (Å²) in [6.07, 6.45) is 0.100. The van der Waals surface area contributed by atoms with Gasteiger partial charge in [-0.3, -0.25) is 0 Å². The van der Waals surface area contributed by atoms with E-state index in [-0.39, 0.29) is 18.0 Å². The Morgan fingerprint density at radius 3 is 2.47 bits per heavy atom. The average Bonchev–Trinajstić information content (AvgIpc) is 2.72. The first-order chi connectivity index (χ1) is 8.08. The summed E-state index contributed by atoms with van der Waals surface area (Å²) < 4.78 is 26.8. The standard InChI is InChI=1S/C11H11F2N3S/c1-6(14)11-16-15-10(17-11)5-7-8(12)3-2-4-9(7)13/h2-4,6H,5,14H2,1H3. The molecular formula is C11H11F2N3S. The van der Waals surface area contributed by atoms with E-state index < -0.39 is 11.6 Å². The van der Waals surface area contributed by atoms with Crippen LogP contribution in [0.2, 0.25) is 0 Å². The van der Waals surface area contributed by atoms with E-state index in [9.17, 15) is 8.78 Å². The minimum atomic E-state index is -0.567. The molecular weight excluding hydrogens is 244 g/mol. The molecule has 1 unspecified atom stereocenters. The molecule has 0 aliphatic heterocycles. The Balaban J connectivity index is 2.25. The second-order valence-corrected chi connectivity index (χ2v) is 4.79. The largest absolute Gasteiger partial charge is 0.322 e. The van der Waals surface area contributed by atoms with Gasteiger partial charge in [-0.15, -0.1) is 10.2 Å². The van der Waals surface area contributed by atoms with E-state index in [0.29, 0.717) is 10.0 Å². The third kappa shape index (κ3) is 2.65. The van der Waals surface area contributed by atoms with E-state index in [2.05, 4.69) is 10.2 Å². The van der Waals surface area contributed by atoms with Crippen LogP contribution < -0.4 is 5.73 Å². The van der Waals surface area contributed by atoms with Crippen LogP contribution in [0.15, 0.2) is 18.2 Å². The molecule has 0 bridgehead atoms. The van der Waals surface area contributed by atoms with Gasteiger partial charge in [-0.1, -0.05) is 17.4 Å². The Morgan fingerprint density at radius 2 is 1.94 bits per heavy atom. The quantitative estimate of drug-likeness (QED) is 0.916. The Bertz CT molecular complexity index is 505. The first-order valence-electron chi connectivity index (χ1n) is 5.08. The van der Waals surface area contributed by atoms with E-state index in [1.54, 1.807) is 6.92 Å². The molecule has 2 rings (SSSR count). The van der Waals surface area contributed by atoms with Crippen molar-refractivity contribution in [2.45, 2.75) is 19.4 Å². The Kier molecular flexibility index (Phi) is 3.44. The fourth-order valence-corrected chi connectivity index (χ4v) is 2.18. The maximum absolute atomic E-state index is 13.4. The molecule has 0 aliphatic rings. The van der Waals surface area contributed by atoms with Gasteiger partial charge in [0.2, 0.25) is 0 Å². The highest BCUT2D eigenvalue weighted by molar-refractivity contribution is 7.11. The zero-order valence-corrected chi connectivity index (χ0v) is 9.97. The van der Waals surface area contributed by atoms with Gasteiger partial charge in [0.1, 0.15) is 21.6 Å². The topological polar surface area (TPSA) is 51.8 Å². The molecule has 2 aromatic rings. The minimum absolute atomic E-state index is 0.0138. The summed E-state index contributed by atoms with van der Waals surface area (Å²) in [6.45, 7) is 1.79. The van der Waals surface area contributed by atoms with Gasteiger partial charge in [-0.25, -0.2) is 8.78 Å². The molecule has 0 aliphatic carbocycles. The maximum Gasteiger partial charge on any atom is 0.133 e. The number of halogens is 2. The molecule has 1 atom stereocenters. The number of rotatable bonds is 3. The number of hydrogen-bond acceptors (Lipinski definition) is 4. The highest BCUT2D eigenvalue weighted by Crippen LogP contribution is 2.21. The molecule has 90 valence electrons. The lowest BCUT2D eigenvalue weighted by Crippen LogP contribution is -2.03. The van der Waals surface area contributed by atoms with E-state index in [1.165, 1.54) is 29.5 Å². The molecule has 0 saturated carbocycles. The van der Waals surface area contributed by atoms with Crippen LogP contribution in [0.1, 0.15) is 28.5 Å². The Hall–Kier alpha value is -1.40. The van der Waals surface area contributed by atoms with Gasteiger partial charge in [-0.2, -0.15) is 0 Å². The molecule has 0 spiro atoms. The monoisotopic (exact) mass is 255 g/mol. The first kappa shape index (κ1) is 12.1. The molecule has 1 aromatic carbocycles. The van der Waals surface area contributed by atoms with Crippen LogP contribution >= 0.6 is 11.3 Å². The summed E-state index contributed by atoms with van der Waals surface area (Å²) in [5.74, 6) is -1.13. The zero-order valence-electron chi connectivity index (χ0n) is 9.15. The number of hydrogen-bond donors (Lipinski definition) is 1. The van der Waals surface area contributed by atoms with Gasteiger partial charge >= 0.3 is 0 Å². The Labute approximate surface area is 101 Å². The normalized spacial score (nSPS) is 12.7. The van der Waals surface area contributed by atoms with E-state index >= 15 is 0 Å². The molecule has 0 radical (unpaired) electrons. The van der Waals surface area contributed by atoms with Crippen LogP contribution in [-0.4, -0.2) is 10.2 Å². The van der Waals surface area contributed by atoms with Crippen molar-refractivity contribution < 1.29 is 8.78 Å². The third-order valence-corrected chi connectivity index (χ3v) is 3.39. The second kappa shape index (κ2) is 4.85.